The molecule has 1 atom stereocenters. The van der Waals surface area contributed by atoms with Crippen molar-refractivity contribution >= 4 is 11.9 Å². The summed E-state index contributed by atoms with van der Waals surface area (Å²) in [6, 6.07) is 9.65. The molecule has 22 heavy (non-hydrogen) atoms. The molecule has 0 bridgehead atoms. The summed E-state index contributed by atoms with van der Waals surface area (Å²) in [5.74, 6) is -2.41. The van der Waals surface area contributed by atoms with E-state index in [2.05, 4.69) is 0 Å². The lowest BCUT2D eigenvalue weighted by molar-refractivity contribution is -0.253. The summed E-state index contributed by atoms with van der Waals surface area (Å²) < 4.78 is 10.8. The van der Waals surface area contributed by atoms with Crippen LogP contribution in [0.4, 0.5) is 0 Å². The number of allylic oxidation sites excluding steroid dienone is 2. The van der Waals surface area contributed by atoms with Gasteiger partial charge in [0.15, 0.2) is 5.41 Å². The van der Waals surface area contributed by atoms with E-state index < -0.39 is 23.1 Å². The van der Waals surface area contributed by atoms with E-state index in [0.717, 1.165) is 5.56 Å². The predicted octanol–water partition coefficient (Wildman–Crippen LogP) is 3.33. The number of benzene rings is 1. The summed E-state index contributed by atoms with van der Waals surface area (Å²) in [7, 11) is 0. The van der Waals surface area contributed by atoms with Gasteiger partial charge in [-0.1, -0.05) is 42.0 Å². The highest BCUT2D eigenvalue weighted by Crippen LogP contribution is 2.51. The molecule has 1 aromatic rings. The number of carbonyl (C=O) groups excluding carboxylic acids is 2. The molecule has 0 amide bonds. The number of carbonyl (C=O) groups is 2. The average Bonchev–Trinajstić information content (AvgIpc) is 2.45. The second-order valence-electron chi connectivity index (χ2n) is 6.57. The van der Waals surface area contributed by atoms with Crippen molar-refractivity contribution in [3.8, 4) is 0 Å². The van der Waals surface area contributed by atoms with Crippen molar-refractivity contribution in [2.75, 3.05) is 0 Å². The predicted molar refractivity (Wildman–Crippen MR) is 80.9 cm³/mol. The molecule has 0 radical (unpaired) electrons. The number of rotatable bonds is 1. The molecule has 0 aromatic heterocycles. The molecule has 1 heterocycles. The quantitative estimate of drug-likeness (QED) is 0.453. The van der Waals surface area contributed by atoms with E-state index in [1.807, 2.05) is 43.3 Å². The van der Waals surface area contributed by atoms with Gasteiger partial charge in [-0.2, -0.15) is 0 Å². The van der Waals surface area contributed by atoms with Crippen molar-refractivity contribution in [2.45, 2.75) is 45.3 Å². The zero-order valence-corrected chi connectivity index (χ0v) is 13.1. The fourth-order valence-electron chi connectivity index (χ4n) is 3.33. The Balaban J connectivity index is 2.09. The number of ether oxygens (including phenoxy) is 2. The van der Waals surface area contributed by atoms with E-state index in [1.165, 1.54) is 5.57 Å². The Bertz CT molecular complexity index is 622. The van der Waals surface area contributed by atoms with Crippen LogP contribution in [0.5, 0.6) is 0 Å². The third-order valence-electron chi connectivity index (χ3n) is 4.50. The van der Waals surface area contributed by atoms with Gasteiger partial charge in [0.2, 0.25) is 0 Å². The minimum absolute atomic E-state index is 0.255. The van der Waals surface area contributed by atoms with Crippen LogP contribution in [-0.4, -0.2) is 17.7 Å². The van der Waals surface area contributed by atoms with Gasteiger partial charge in [-0.15, -0.1) is 0 Å². The van der Waals surface area contributed by atoms with E-state index in [1.54, 1.807) is 13.8 Å². The highest BCUT2D eigenvalue weighted by molar-refractivity contribution is 6.03. The largest absolute Gasteiger partial charge is 0.422 e. The third-order valence-corrected chi connectivity index (χ3v) is 4.50. The minimum atomic E-state index is -1.27. The first-order valence-electron chi connectivity index (χ1n) is 7.53. The zero-order valence-electron chi connectivity index (χ0n) is 13.1. The Morgan fingerprint density at radius 3 is 2.23 bits per heavy atom. The van der Waals surface area contributed by atoms with Crippen LogP contribution in [0, 0.1) is 5.41 Å². The lowest BCUT2D eigenvalue weighted by atomic mass is 9.64. The second-order valence-corrected chi connectivity index (χ2v) is 6.57. The van der Waals surface area contributed by atoms with Gasteiger partial charge in [-0.25, -0.2) is 0 Å². The summed E-state index contributed by atoms with van der Waals surface area (Å²) in [6.07, 6.45) is 2.92. The van der Waals surface area contributed by atoms with Gasteiger partial charge < -0.3 is 9.47 Å². The molecule has 1 fully saturated rings. The van der Waals surface area contributed by atoms with Crippen molar-refractivity contribution < 1.29 is 19.1 Å². The number of hydrogen-bond donors (Lipinski definition) is 0. The van der Waals surface area contributed by atoms with Crippen molar-refractivity contribution in [3.63, 3.8) is 0 Å². The normalized spacial score (nSPS) is 26.1. The van der Waals surface area contributed by atoms with Gasteiger partial charge in [-0.3, -0.25) is 9.59 Å². The first kappa shape index (κ1) is 14.8. The van der Waals surface area contributed by atoms with E-state index in [-0.39, 0.29) is 5.92 Å². The molecule has 1 unspecified atom stereocenters. The molecule has 1 aliphatic heterocycles. The topological polar surface area (TPSA) is 52.6 Å². The van der Waals surface area contributed by atoms with Gasteiger partial charge in [0, 0.05) is 19.8 Å². The monoisotopic (exact) mass is 300 g/mol. The molecule has 1 aliphatic carbocycles. The van der Waals surface area contributed by atoms with Crippen LogP contribution in [0.15, 0.2) is 42.0 Å². The number of cyclic esters (lactones) is 2. The van der Waals surface area contributed by atoms with Gasteiger partial charge >= 0.3 is 11.9 Å². The maximum Gasteiger partial charge on any atom is 0.327 e. The van der Waals surface area contributed by atoms with Crippen LogP contribution in [0.1, 0.15) is 45.1 Å². The molecule has 4 heteroatoms. The summed E-state index contributed by atoms with van der Waals surface area (Å²) in [6.45, 7) is 5.18. The van der Waals surface area contributed by atoms with Crippen LogP contribution in [-0.2, 0) is 19.1 Å². The maximum atomic E-state index is 12.7. The highest BCUT2D eigenvalue weighted by atomic mass is 16.7. The minimum Gasteiger partial charge on any atom is -0.422 e. The Morgan fingerprint density at radius 1 is 1.05 bits per heavy atom. The molecule has 0 N–H and O–H groups in total. The molecular weight excluding hydrogens is 280 g/mol. The van der Waals surface area contributed by atoms with Gasteiger partial charge in [0.25, 0.3) is 5.79 Å². The summed E-state index contributed by atoms with van der Waals surface area (Å²) in [4.78, 5) is 25.5. The Hall–Kier alpha value is -2.10. The van der Waals surface area contributed by atoms with Gasteiger partial charge in [-0.05, 0) is 25.3 Å². The summed E-state index contributed by atoms with van der Waals surface area (Å²) in [5.41, 5.74) is 0.865. The molecule has 116 valence electrons. The van der Waals surface area contributed by atoms with Crippen LogP contribution in [0.25, 0.3) is 0 Å². The first-order valence-corrected chi connectivity index (χ1v) is 7.53. The summed E-state index contributed by atoms with van der Waals surface area (Å²) >= 11 is 0. The van der Waals surface area contributed by atoms with E-state index in [9.17, 15) is 9.59 Å². The molecular formula is C18H20O4. The molecule has 1 aromatic carbocycles. The fraction of sp³-hybridized carbons (Fsp3) is 0.444. The third kappa shape index (κ3) is 2.23. The Labute approximate surface area is 130 Å². The van der Waals surface area contributed by atoms with Crippen molar-refractivity contribution in [2.24, 2.45) is 5.41 Å². The smallest absolute Gasteiger partial charge is 0.327 e. The van der Waals surface area contributed by atoms with Gasteiger partial charge in [0.05, 0.1) is 0 Å². The van der Waals surface area contributed by atoms with Crippen LogP contribution in [0.3, 0.4) is 0 Å². The van der Waals surface area contributed by atoms with E-state index >= 15 is 0 Å². The van der Waals surface area contributed by atoms with Crippen LogP contribution in [0.2, 0.25) is 0 Å². The lowest BCUT2D eigenvalue weighted by Gasteiger charge is -2.45. The van der Waals surface area contributed by atoms with Crippen LogP contribution < -0.4 is 0 Å². The van der Waals surface area contributed by atoms with Crippen LogP contribution >= 0.6 is 0 Å². The van der Waals surface area contributed by atoms with Crippen molar-refractivity contribution in [1.29, 1.82) is 0 Å². The molecule has 2 aliphatic rings. The molecule has 3 rings (SSSR count). The highest BCUT2D eigenvalue weighted by Gasteiger charge is 2.61. The van der Waals surface area contributed by atoms with Crippen molar-refractivity contribution in [3.05, 3.63) is 47.5 Å². The fourth-order valence-corrected chi connectivity index (χ4v) is 3.33. The second kappa shape index (κ2) is 4.97. The van der Waals surface area contributed by atoms with E-state index in [4.69, 9.17) is 9.47 Å². The SMILES string of the molecule is CC1=CCC2(C(=O)OC(C)(C)OC2=O)C(c2ccccc2)C1. The molecule has 1 spiro atoms. The number of esters is 2. The molecule has 1 saturated heterocycles. The molecule has 4 nitrogen and oxygen atoms in total. The van der Waals surface area contributed by atoms with Crippen molar-refractivity contribution in [1.82, 2.24) is 0 Å². The maximum absolute atomic E-state index is 12.7. The van der Waals surface area contributed by atoms with E-state index in [0.29, 0.717) is 12.8 Å². The first-order chi connectivity index (χ1) is 10.3. The molecule has 0 saturated carbocycles. The van der Waals surface area contributed by atoms with Gasteiger partial charge in [0.1, 0.15) is 0 Å². The standard InChI is InChI=1S/C18H20O4/c1-12-9-10-18(14(11-12)13-7-5-4-6-8-13)15(19)21-17(2,3)22-16(18)20/h4-9,14H,10-11H2,1-3H3. The summed E-state index contributed by atoms with van der Waals surface area (Å²) in [5, 5.41) is 0. The average molecular weight is 300 g/mol. The number of hydrogen-bond acceptors (Lipinski definition) is 4. The Morgan fingerprint density at radius 2 is 1.64 bits per heavy atom. The Kier molecular flexibility index (Phi) is 3.35. The lowest BCUT2D eigenvalue weighted by Crippen LogP contribution is -2.57. The zero-order chi connectivity index (χ0) is 16.0.